The van der Waals surface area contributed by atoms with E-state index in [1.165, 1.54) is 6.07 Å². The summed E-state index contributed by atoms with van der Waals surface area (Å²) < 4.78 is 18.6. The molecule has 1 fully saturated rings. The molecular formula is C24H28O5. The molecule has 0 amide bonds. The van der Waals surface area contributed by atoms with Crippen molar-refractivity contribution in [2.24, 2.45) is 11.8 Å². The molecule has 1 saturated carbocycles. The van der Waals surface area contributed by atoms with Gasteiger partial charge in [-0.3, -0.25) is 0 Å². The standard InChI is InChI=1S/C24H28O5/c1-22(2,26)10-8-15-19-14-9-11-24(15,5)29-21-13-6-7-18(25)27-16(13)12-17(20(19)21)28-23(14,3)4/h6-8,10,12,14-15,19,26H,9,11H2,1-5H3/t14-,15-,19-,24+/m1/s1. The number of rotatable bonds is 2. The van der Waals surface area contributed by atoms with Crippen LogP contribution in [0.3, 0.4) is 0 Å². The summed E-state index contributed by atoms with van der Waals surface area (Å²) >= 11 is 0. The lowest BCUT2D eigenvalue weighted by Gasteiger charge is -2.58. The van der Waals surface area contributed by atoms with Gasteiger partial charge in [-0.25, -0.2) is 4.79 Å². The molecule has 1 aromatic heterocycles. The van der Waals surface area contributed by atoms with Crippen molar-refractivity contribution >= 4 is 11.0 Å². The van der Waals surface area contributed by atoms with Crippen LogP contribution in [0, 0.1) is 11.8 Å². The molecule has 4 atom stereocenters. The van der Waals surface area contributed by atoms with Crippen LogP contribution >= 0.6 is 0 Å². The minimum absolute atomic E-state index is 0.121. The predicted octanol–water partition coefficient (Wildman–Crippen LogP) is 4.55. The van der Waals surface area contributed by atoms with Crippen molar-refractivity contribution in [3.63, 3.8) is 0 Å². The van der Waals surface area contributed by atoms with E-state index in [1.807, 2.05) is 12.1 Å². The largest absolute Gasteiger partial charge is 0.487 e. The van der Waals surface area contributed by atoms with Gasteiger partial charge in [-0.1, -0.05) is 12.2 Å². The zero-order valence-corrected chi connectivity index (χ0v) is 17.6. The van der Waals surface area contributed by atoms with Crippen LogP contribution in [0.15, 0.2) is 39.6 Å². The summed E-state index contributed by atoms with van der Waals surface area (Å²) in [7, 11) is 0. The molecule has 3 aliphatic rings. The molecule has 0 saturated heterocycles. The van der Waals surface area contributed by atoms with E-state index in [9.17, 15) is 9.90 Å². The number of benzene rings is 1. The molecule has 0 spiro atoms. The summed E-state index contributed by atoms with van der Waals surface area (Å²) in [5.41, 5.74) is -0.453. The first-order valence-electron chi connectivity index (χ1n) is 10.4. The van der Waals surface area contributed by atoms with E-state index < -0.39 is 11.2 Å². The lowest BCUT2D eigenvalue weighted by atomic mass is 9.56. The number of hydrogen-bond donors (Lipinski definition) is 1. The average Bonchev–Trinajstić information content (AvgIpc) is 2.57. The van der Waals surface area contributed by atoms with Gasteiger partial charge in [-0.05, 0) is 53.5 Å². The summed E-state index contributed by atoms with van der Waals surface area (Å²) in [6.45, 7) is 10.0. The number of aliphatic hydroxyl groups is 1. The van der Waals surface area contributed by atoms with E-state index in [-0.39, 0.29) is 23.1 Å². The summed E-state index contributed by atoms with van der Waals surface area (Å²) in [6.07, 6.45) is 5.93. The van der Waals surface area contributed by atoms with Gasteiger partial charge in [0.15, 0.2) is 0 Å². The van der Waals surface area contributed by atoms with Gasteiger partial charge in [0, 0.05) is 35.4 Å². The van der Waals surface area contributed by atoms with E-state index in [0.29, 0.717) is 11.5 Å². The van der Waals surface area contributed by atoms with E-state index >= 15 is 0 Å². The van der Waals surface area contributed by atoms with Gasteiger partial charge in [-0.15, -0.1) is 0 Å². The van der Waals surface area contributed by atoms with Crippen molar-refractivity contribution < 1.29 is 19.0 Å². The Morgan fingerprint density at radius 1 is 1.21 bits per heavy atom. The fourth-order valence-corrected chi connectivity index (χ4v) is 5.64. The zero-order valence-electron chi connectivity index (χ0n) is 17.6. The fourth-order valence-electron chi connectivity index (χ4n) is 5.64. The molecule has 2 aromatic rings. The van der Waals surface area contributed by atoms with Gasteiger partial charge in [0.1, 0.15) is 28.3 Å². The van der Waals surface area contributed by atoms with Gasteiger partial charge in [0.2, 0.25) is 0 Å². The highest BCUT2D eigenvalue weighted by Crippen LogP contribution is 2.64. The molecule has 29 heavy (non-hydrogen) atoms. The lowest BCUT2D eigenvalue weighted by molar-refractivity contribution is -0.0970. The Bertz CT molecular complexity index is 1090. The monoisotopic (exact) mass is 396 g/mol. The van der Waals surface area contributed by atoms with E-state index in [1.54, 1.807) is 19.9 Å². The highest BCUT2D eigenvalue weighted by molar-refractivity contribution is 5.88. The third-order valence-electron chi connectivity index (χ3n) is 7.00. The summed E-state index contributed by atoms with van der Waals surface area (Å²) in [5.74, 6) is 2.18. The Balaban J connectivity index is 1.80. The van der Waals surface area contributed by atoms with Crippen LogP contribution in [-0.4, -0.2) is 21.9 Å². The van der Waals surface area contributed by atoms with Gasteiger partial charge >= 0.3 is 5.63 Å². The highest BCUT2D eigenvalue weighted by atomic mass is 16.5. The molecule has 5 nitrogen and oxygen atoms in total. The molecule has 2 bridgehead atoms. The van der Waals surface area contributed by atoms with Crippen LogP contribution < -0.4 is 15.1 Å². The summed E-state index contributed by atoms with van der Waals surface area (Å²) in [6, 6.07) is 5.07. The van der Waals surface area contributed by atoms with Crippen LogP contribution in [0.5, 0.6) is 11.5 Å². The van der Waals surface area contributed by atoms with Crippen molar-refractivity contribution in [3.8, 4) is 11.5 Å². The van der Waals surface area contributed by atoms with Gasteiger partial charge < -0.3 is 19.0 Å². The maximum Gasteiger partial charge on any atom is 0.336 e. The first-order valence-corrected chi connectivity index (χ1v) is 10.4. The zero-order chi connectivity index (χ0) is 20.8. The van der Waals surface area contributed by atoms with E-state index in [2.05, 4.69) is 26.8 Å². The Morgan fingerprint density at radius 2 is 1.97 bits per heavy atom. The maximum atomic E-state index is 11.8. The quantitative estimate of drug-likeness (QED) is 0.596. The average molecular weight is 396 g/mol. The summed E-state index contributed by atoms with van der Waals surface area (Å²) in [4.78, 5) is 11.8. The first kappa shape index (κ1) is 18.7. The molecule has 1 aliphatic carbocycles. The fraction of sp³-hybridized carbons (Fsp3) is 0.542. The number of hydrogen-bond acceptors (Lipinski definition) is 5. The molecule has 5 heteroatoms. The third kappa shape index (κ3) is 2.74. The normalized spacial score (nSPS) is 32.1. The summed E-state index contributed by atoms with van der Waals surface area (Å²) in [5, 5.41) is 11.1. The first-order chi connectivity index (χ1) is 13.5. The molecule has 0 radical (unpaired) electrons. The molecule has 1 N–H and O–H groups in total. The lowest BCUT2D eigenvalue weighted by Crippen LogP contribution is -2.58. The number of fused-ring (bicyclic) bond motifs is 3. The number of ether oxygens (including phenoxy) is 2. The highest BCUT2D eigenvalue weighted by Gasteiger charge is 2.59. The molecule has 3 heterocycles. The van der Waals surface area contributed by atoms with Crippen LogP contribution in [0.4, 0.5) is 0 Å². The smallest absolute Gasteiger partial charge is 0.336 e. The Kier molecular flexibility index (Phi) is 3.66. The van der Waals surface area contributed by atoms with Crippen LogP contribution in [0.2, 0.25) is 0 Å². The molecule has 0 unspecified atom stereocenters. The van der Waals surface area contributed by atoms with Crippen LogP contribution in [-0.2, 0) is 0 Å². The topological polar surface area (TPSA) is 68.9 Å². The van der Waals surface area contributed by atoms with Crippen LogP contribution in [0.1, 0.15) is 58.9 Å². The second kappa shape index (κ2) is 5.66. The SMILES string of the molecule is CC(C)(O)C=C[C@@H]1[C@@H]2c3c4cc5oc(=O)ccc5c3O[C@@]1(C)CC[C@H]2C(C)(C)O4. The van der Waals surface area contributed by atoms with Crippen molar-refractivity contribution in [3.05, 3.63) is 46.3 Å². The van der Waals surface area contributed by atoms with Crippen molar-refractivity contribution in [2.45, 2.75) is 70.2 Å². The van der Waals surface area contributed by atoms with Crippen molar-refractivity contribution in [2.75, 3.05) is 0 Å². The van der Waals surface area contributed by atoms with Crippen LogP contribution in [0.25, 0.3) is 11.0 Å². The predicted molar refractivity (Wildman–Crippen MR) is 111 cm³/mol. The van der Waals surface area contributed by atoms with Gasteiger partial charge in [-0.2, -0.15) is 0 Å². The minimum atomic E-state index is -0.883. The van der Waals surface area contributed by atoms with Gasteiger partial charge in [0.25, 0.3) is 0 Å². The molecule has 154 valence electrons. The van der Waals surface area contributed by atoms with Gasteiger partial charge in [0.05, 0.1) is 11.0 Å². The van der Waals surface area contributed by atoms with E-state index in [4.69, 9.17) is 13.9 Å². The third-order valence-corrected chi connectivity index (χ3v) is 7.00. The Labute approximate surface area is 170 Å². The molecule has 2 aliphatic heterocycles. The second-order valence-corrected chi connectivity index (χ2v) is 10.1. The Hall–Kier alpha value is -2.27. The minimum Gasteiger partial charge on any atom is -0.487 e. The van der Waals surface area contributed by atoms with Crippen molar-refractivity contribution in [1.82, 2.24) is 0 Å². The molecular weight excluding hydrogens is 368 g/mol. The maximum absolute atomic E-state index is 11.8. The van der Waals surface area contributed by atoms with Crippen molar-refractivity contribution in [1.29, 1.82) is 0 Å². The molecule has 1 aromatic carbocycles. The molecule has 5 rings (SSSR count). The Morgan fingerprint density at radius 3 is 2.69 bits per heavy atom. The second-order valence-electron chi connectivity index (χ2n) is 10.1. The van der Waals surface area contributed by atoms with E-state index in [0.717, 1.165) is 35.3 Å².